The van der Waals surface area contributed by atoms with Crippen molar-refractivity contribution in [2.45, 2.75) is 12.6 Å². The molecule has 0 saturated heterocycles. The molecule has 1 heterocycles. The van der Waals surface area contributed by atoms with Gasteiger partial charge >= 0.3 is 0 Å². The molecule has 1 atom stereocenters. The second kappa shape index (κ2) is 5.85. The van der Waals surface area contributed by atoms with E-state index in [0.717, 1.165) is 11.0 Å². The fraction of sp³-hybridized carbons (Fsp3) is 0.188. The van der Waals surface area contributed by atoms with Crippen LogP contribution in [0.15, 0.2) is 54.9 Å². The molecule has 0 bridgehead atoms. The van der Waals surface area contributed by atoms with Crippen LogP contribution in [0.4, 0.5) is 5.69 Å². The van der Waals surface area contributed by atoms with Crippen molar-refractivity contribution < 1.29 is 9.84 Å². The molecule has 1 aromatic heterocycles. The van der Waals surface area contributed by atoms with E-state index >= 15 is 0 Å². The minimum atomic E-state index is -0.637. The summed E-state index contributed by atoms with van der Waals surface area (Å²) >= 11 is 0. The molecule has 0 saturated carbocycles. The Kier molecular flexibility index (Phi) is 3.75. The number of nitrogens with two attached hydrogens (primary N) is 1. The molecule has 0 aliphatic carbocycles. The summed E-state index contributed by atoms with van der Waals surface area (Å²) < 4.78 is 7.47. The summed E-state index contributed by atoms with van der Waals surface area (Å²) in [6.45, 7) is 0.605. The lowest BCUT2D eigenvalue weighted by Crippen LogP contribution is -2.23. The smallest absolute Gasteiger partial charge is 0.142 e. The second-order valence-corrected chi connectivity index (χ2v) is 4.89. The highest BCUT2D eigenvalue weighted by molar-refractivity contribution is 5.74. The van der Waals surface area contributed by atoms with Gasteiger partial charge in [0.1, 0.15) is 18.5 Å². The molecule has 5 nitrogen and oxygen atoms in total. The predicted octanol–water partition coefficient (Wildman–Crippen LogP) is 2.06. The van der Waals surface area contributed by atoms with Gasteiger partial charge in [-0.05, 0) is 24.3 Å². The molecule has 108 valence electrons. The van der Waals surface area contributed by atoms with Crippen LogP contribution in [0.2, 0.25) is 0 Å². The van der Waals surface area contributed by atoms with Crippen molar-refractivity contribution in [3.05, 3.63) is 54.9 Å². The van der Waals surface area contributed by atoms with Gasteiger partial charge in [0.2, 0.25) is 0 Å². The van der Waals surface area contributed by atoms with Crippen LogP contribution >= 0.6 is 0 Å². The number of aromatic nitrogens is 2. The average molecular weight is 283 g/mol. The van der Waals surface area contributed by atoms with E-state index < -0.39 is 6.10 Å². The molecule has 0 spiro atoms. The van der Waals surface area contributed by atoms with E-state index in [9.17, 15) is 5.11 Å². The van der Waals surface area contributed by atoms with E-state index in [-0.39, 0.29) is 6.61 Å². The van der Waals surface area contributed by atoms with Crippen molar-refractivity contribution in [3.63, 3.8) is 0 Å². The van der Waals surface area contributed by atoms with Gasteiger partial charge < -0.3 is 20.1 Å². The van der Waals surface area contributed by atoms with Gasteiger partial charge in [-0.15, -0.1) is 0 Å². The first kappa shape index (κ1) is 13.5. The third-order valence-electron chi connectivity index (χ3n) is 3.29. The molecule has 3 rings (SSSR count). The maximum Gasteiger partial charge on any atom is 0.142 e. The molecule has 21 heavy (non-hydrogen) atoms. The number of nitrogens with zero attached hydrogens (tertiary/aromatic N) is 2. The van der Waals surface area contributed by atoms with E-state index in [1.165, 1.54) is 0 Å². The number of hydrogen-bond donors (Lipinski definition) is 2. The van der Waals surface area contributed by atoms with Crippen LogP contribution in [0.3, 0.4) is 0 Å². The van der Waals surface area contributed by atoms with Crippen molar-refractivity contribution in [2.75, 3.05) is 12.3 Å². The van der Waals surface area contributed by atoms with Crippen molar-refractivity contribution in [2.24, 2.45) is 0 Å². The van der Waals surface area contributed by atoms with Crippen LogP contribution in [0.1, 0.15) is 0 Å². The molecule has 0 fully saturated rings. The van der Waals surface area contributed by atoms with E-state index in [0.29, 0.717) is 18.0 Å². The molecule has 0 amide bonds. The number of rotatable bonds is 5. The number of imidazole rings is 1. The number of ether oxygens (including phenoxy) is 1. The van der Waals surface area contributed by atoms with Crippen molar-refractivity contribution >= 4 is 16.7 Å². The first-order chi connectivity index (χ1) is 10.2. The van der Waals surface area contributed by atoms with E-state index in [1.54, 1.807) is 18.5 Å². The maximum absolute atomic E-state index is 10.1. The van der Waals surface area contributed by atoms with Gasteiger partial charge in [-0.1, -0.05) is 24.3 Å². The van der Waals surface area contributed by atoms with Gasteiger partial charge in [0.05, 0.1) is 29.6 Å². The number of nitrogen functional groups attached to an aromatic ring is 1. The van der Waals surface area contributed by atoms with Crippen LogP contribution in [-0.2, 0) is 6.54 Å². The van der Waals surface area contributed by atoms with E-state index in [2.05, 4.69) is 4.98 Å². The van der Waals surface area contributed by atoms with Crippen LogP contribution in [0.5, 0.6) is 5.75 Å². The number of aliphatic hydroxyl groups excluding tert-OH is 1. The topological polar surface area (TPSA) is 73.3 Å². The Hall–Kier alpha value is -2.53. The van der Waals surface area contributed by atoms with Crippen molar-refractivity contribution in [3.8, 4) is 5.75 Å². The lowest BCUT2D eigenvalue weighted by atomic mass is 10.3. The zero-order valence-electron chi connectivity index (χ0n) is 11.5. The second-order valence-electron chi connectivity index (χ2n) is 4.89. The van der Waals surface area contributed by atoms with E-state index in [4.69, 9.17) is 10.5 Å². The first-order valence-corrected chi connectivity index (χ1v) is 6.79. The summed E-state index contributed by atoms with van der Waals surface area (Å²) in [6.07, 6.45) is 1.09. The van der Waals surface area contributed by atoms with Gasteiger partial charge in [-0.2, -0.15) is 0 Å². The highest BCUT2D eigenvalue weighted by Crippen LogP contribution is 2.20. The Morgan fingerprint density at radius 2 is 1.90 bits per heavy atom. The highest BCUT2D eigenvalue weighted by atomic mass is 16.5. The zero-order chi connectivity index (χ0) is 14.7. The summed E-state index contributed by atoms with van der Waals surface area (Å²) in [6, 6.07) is 15.1. The standard InChI is InChI=1S/C16H17N3O2/c17-13-5-1-4-8-16(13)21-10-12(20)9-19-11-18-14-6-2-3-7-15(14)19/h1-8,11-12,20H,9-10,17H2. The summed E-state index contributed by atoms with van der Waals surface area (Å²) in [5.41, 5.74) is 8.27. The number of fused-ring (bicyclic) bond motifs is 1. The molecule has 1 unspecified atom stereocenters. The Labute approximate surface area is 122 Å². The monoisotopic (exact) mass is 283 g/mol. The maximum atomic E-state index is 10.1. The molecule has 0 radical (unpaired) electrons. The molecule has 0 aliphatic heterocycles. The van der Waals surface area contributed by atoms with Crippen LogP contribution < -0.4 is 10.5 Å². The Bertz CT molecular complexity index is 739. The SMILES string of the molecule is Nc1ccccc1OCC(O)Cn1cnc2ccccc21. The van der Waals surface area contributed by atoms with Crippen LogP contribution in [-0.4, -0.2) is 27.4 Å². The zero-order valence-corrected chi connectivity index (χ0v) is 11.5. The summed E-state index contributed by atoms with van der Waals surface area (Å²) in [7, 11) is 0. The first-order valence-electron chi connectivity index (χ1n) is 6.79. The molecule has 3 aromatic rings. The molecular weight excluding hydrogens is 266 g/mol. The van der Waals surface area contributed by atoms with Gasteiger partial charge in [-0.25, -0.2) is 4.98 Å². The lowest BCUT2D eigenvalue weighted by molar-refractivity contribution is 0.0938. The Morgan fingerprint density at radius 3 is 2.76 bits per heavy atom. The van der Waals surface area contributed by atoms with E-state index in [1.807, 2.05) is 41.0 Å². The fourth-order valence-electron chi connectivity index (χ4n) is 2.23. The molecule has 0 aliphatic rings. The summed E-state index contributed by atoms with van der Waals surface area (Å²) in [5.74, 6) is 0.590. The van der Waals surface area contributed by atoms with Crippen LogP contribution in [0.25, 0.3) is 11.0 Å². The molecule has 2 aromatic carbocycles. The van der Waals surface area contributed by atoms with Gasteiger partial charge in [0, 0.05) is 0 Å². The quantitative estimate of drug-likeness (QED) is 0.703. The largest absolute Gasteiger partial charge is 0.489 e. The normalized spacial score (nSPS) is 12.4. The Morgan fingerprint density at radius 1 is 1.14 bits per heavy atom. The van der Waals surface area contributed by atoms with Gasteiger partial charge in [-0.3, -0.25) is 0 Å². The number of hydrogen-bond acceptors (Lipinski definition) is 4. The van der Waals surface area contributed by atoms with Crippen molar-refractivity contribution in [1.82, 2.24) is 9.55 Å². The third kappa shape index (κ3) is 2.98. The minimum Gasteiger partial charge on any atom is -0.489 e. The lowest BCUT2D eigenvalue weighted by Gasteiger charge is -2.14. The van der Waals surface area contributed by atoms with Gasteiger partial charge in [0.25, 0.3) is 0 Å². The third-order valence-corrected chi connectivity index (χ3v) is 3.29. The number of para-hydroxylation sites is 4. The fourth-order valence-corrected chi connectivity index (χ4v) is 2.23. The number of anilines is 1. The predicted molar refractivity (Wildman–Crippen MR) is 82.1 cm³/mol. The number of aliphatic hydroxyl groups is 1. The van der Waals surface area contributed by atoms with Crippen molar-refractivity contribution in [1.29, 1.82) is 0 Å². The van der Waals surface area contributed by atoms with Gasteiger partial charge in [0.15, 0.2) is 0 Å². The molecular formula is C16H17N3O2. The summed E-state index contributed by atoms with van der Waals surface area (Å²) in [4.78, 5) is 4.30. The molecule has 3 N–H and O–H groups in total. The number of benzene rings is 2. The summed E-state index contributed by atoms with van der Waals surface area (Å²) in [5, 5.41) is 10.1. The average Bonchev–Trinajstić information content (AvgIpc) is 2.90. The van der Waals surface area contributed by atoms with Crippen LogP contribution in [0, 0.1) is 0 Å². The Balaban J connectivity index is 1.64. The molecule has 5 heteroatoms. The minimum absolute atomic E-state index is 0.181. The highest BCUT2D eigenvalue weighted by Gasteiger charge is 2.10.